The number of nitrogens with one attached hydrogen (secondary N) is 2. The summed E-state index contributed by atoms with van der Waals surface area (Å²) in [6.45, 7) is 3.57. The molecule has 0 saturated heterocycles. The van der Waals surface area contributed by atoms with Gasteiger partial charge in [-0.3, -0.25) is 4.79 Å². The predicted molar refractivity (Wildman–Crippen MR) is 104 cm³/mol. The van der Waals surface area contributed by atoms with Crippen LogP contribution in [0, 0.1) is 11.8 Å². The summed E-state index contributed by atoms with van der Waals surface area (Å²) in [7, 11) is -3.57. The van der Waals surface area contributed by atoms with Crippen molar-refractivity contribution in [3.63, 3.8) is 0 Å². The second kappa shape index (κ2) is 9.17. The van der Waals surface area contributed by atoms with Crippen LogP contribution in [0.1, 0.15) is 55.8 Å². The topological polar surface area (TPSA) is 84.5 Å². The van der Waals surface area contributed by atoms with Gasteiger partial charge in [0.05, 0.1) is 17.6 Å². The van der Waals surface area contributed by atoms with E-state index >= 15 is 0 Å². The van der Waals surface area contributed by atoms with Gasteiger partial charge >= 0.3 is 0 Å². The zero-order valence-electron chi connectivity index (χ0n) is 15.9. The maximum Gasteiger partial charge on any atom is 0.251 e. The Bertz CT molecular complexity index is 746. The van der Waals surface area contributed by atoms with Crippen LogP contribution < -0.4 is 10.0 Å². The zero-order chi connectivity index (χ0) is 19.3. The van der Waals surface area contributed by atoms with E-state index in [2.05, 4.69) is 17.0 Å². The van der Waals surface area contributed by atoms with Gasteiger partial charge in [-0.15, -0.1) is 0 Å². The minimum Gasteiger partial charge on any atom is -0.376 e. The van der Waals surface area contributed by atoms with E-state index in [1.165, 1.54) is 31.4 Å². The summed E-state index contributed by atoms with van der Waals surface area (Å²) in [6.07, 6.45) is 7.20. The fourth-order valence-electron chi connectivity index (χ4n) is 3.44. The molecule has 7 heteroatoms. The maximum atomic E-state index is 12.3. The molecule has 27 heavy (non-hydrogen) atoms. The van der Waals surface area contributed by atoms with Gasteiger partial charge in [0.15, 0.2) is 0 Å². The van der Waals surface area contributed by atoms with Gasteiger partial charge < -0.3 is 10.1 Å². The average molecular weight is 395 g/mol. The normalized spacial score (nSPS) is 23.1. The highest BCUT2D eigenvalue weighted by atomic mass is 32.2. The monoisotopic (exact) mass is 394 g/mol. The Labute approximate surface area is 162 Å². The van der Waals surface area contributed by atoms with Crippen molar-refractivity contribution in [1.29, 1.82) is 0 Å². The van der Waals surface area contributed by atoms with Gasteiger partial charge in [-0.2, -0.15) is 0 Å². The van der Waals surface area contributed by atoms with Crippen LogP contribution in [0.5, 0.6) is 0 Å². The summed E-state index contributed by atoms with van der Waals surface area (Å²) >= 11 is 0. The summed E-state index contributed by atoms with van der Waals surface area (Å²) in [5.41, 5.74) is 0.343. The van der Waals surface area contributed by atoms with Crippen molar-refractivity contribution in [2.75, 3.05) is 19.7 Å². The summed E-state index contributed by atoms with van der Waals surface area (Å²) < 4.78 is 33.2. The van der Waals surface area contributed by atoms with Crippen LogP contribution >= 0.6 is 0 Å². The first-order chi connectivity index (χ1) is 13.0. The van der Waals surface area contributed by atoms with Gasteiger partial charge in [-0.1, -0.05) is 25.8 Å². The average Bonchev–Trinajstić information content (AvgIpc) is 3.49. The van der Waals surface area contributed by atoms with Gasteiger partial charge in [-0.25, -0.2) is 13.1 Å². The Morgan fingerprint density at radius 1 is 1.19 bits per heavy atom. The molecule has 0 radical (unpaired) electrons. The number of amides is 1. The minimum absolute atomic E-state index is 0.128. The highest BCUT2D eigenvalue weighted by Crippen LogP contribution is 2.28. The molecule has 2 fully saturated rings. The standard InChI is InChI=1S/C20H30N2O4S/c1-15-5-2-3-8-19(15)26-12-11-21-20(23)17-6-4-7-18(13-17)27(24,25)22-14-16-9-10-16/h4,6-7,13,15-16,19,22H,2-3,5,8-12,14H2,1H3,(H,21,23)/t15-,19-/m1/s1. The molecule has 2 saturated carbocycles. The molecule has 6 nitrogen and oxygen atoms in total. The lowest BCUT2D eigenvalue weighted by Gasteiger charge is -2.28. The Morgan fingerprint density at radius 3 is 2.70 bits per heavy atom. The molecule has 2 aliphatic carbocycles. The molecular formula is C20H30N2O4S. The molecule has 0 unspecified atom stereocenters. The summed E-state index contributed by atoms with van der Waals surface area (Å²) in [6, 6.07) is 6.16. The van der Waals surface area contributed by atoms with Crippen LogP contribution in [-0.2, 0) is 14.8 Å². The van der Waals surface area contributed by atoms with Gasteiger partial charge in [-0.05, 0) is 55.7 Å². The van der Waals surface area contributed by atoms with Crippen LogP contribution in [0.2, 0.25) is 0 Å². The van der Waals surface area contributed by atoms with Crippen molar-refractivity contribution >= 4 is 15.9 Å². The van der Waals surface area contributed by atoms with E-state index in [1.807, 2.05) is 0 Å². The Balaban J connectivity index is 1.47. The van der Waals surface area contributed by atoms with E-state index in [1.54, 1.807) is 12.1 Å². The van der Waals surface area contributed by atoms with Gasteiger partial charge in [0.1, 0.15) is 0 Å². The molecule has 1 aromatic carbocycles. The molecule has 0 aromatic heterocycles. The number of hydrogen-bond acceptors (Lipinski definition) is 4. The third-order valence-corrected chi connectivity index (χ3v) is 6.84. The molecule has 1 aromatic rings. The van der Waals surface area contributed by atoms with Crippen LogP contribution in [0.4, 0.5) is 0 Å². The lowest BCUT2D eigenvalue weighted by molar-refractivity contribution is -0.00293. The Hall–Kier alpha value is -1.44. The first kappa shape index (κ1) is 20.3. The highest BCUT2D eigenvalue weighted by Gasteiger charge is 2.25. The second-order valence-electron chi connectivity index (χ2n) is 7.75. The maximum absolute atomic E-state index is 12.3. The molecule has 2 N–H and O–H groups in total. The molecule has 2 aliphatic rings. The van der Waals surface area contributed by atoms with Crippen molar-refractivity contribution in [2.24, 2.45) is 11.8 Å². The van der Waals surface area contributed by atoms with Gasteiger partial charge in [0, 0.05) is 18.7 Å². The van der Waals surface area contributed by atoms with Crippen LogP contribution in [-0.4, -0.2) is 40.1 Å². The molecular weight excluding hydrogens is 364 g/mol. The van der Waals surface area contributed by atoms with Crippen molar-refractivity contribution in [1.82, 2.24) is 10.0 Å². The number of sulfonamides is 1. The number of rotatable bonds is 9. The van der Waals surface area contributed by atoms with E-state index in [9.17, 15) is 13.2 Å². The fraction of sp³-hybridized carbons (Fsp3) is 0.650. The van der Waals surface area contributed by atoms with Crippen LogP contribution in [0.15, 0.2) is 29.2 Å². The fourth-order valence-corrected chi connectivity index (χ4v) is 4.61. The molecule has 0 bridgehead atoms. The third kappa shape index (κ3) is 6.02. The largest absolute Gasteiger partial charge is 0.376 e. The number of hydrogen-bond donors (Lipinski definition) is 2. The molecule has 3 rings (SSSR count). The van der Waals surface area contributed by atoms with Gasteiger partial charge in [0.25, 0.3) is 5.91 Å². The molecule has 0 aliphatic heterocycles. The molecule has 1 amide bonds. The quantitative estimate of drug-likeness (QED) is 0.631. The number of benzene rings is 1. The van der Waals surface area contributed by atoms with Gasteiger partial charge in [0.2, 0.25) is 10.0 Å². The van der Waals surface area contributed by atoms with E-state index in [0.29, 0.717) is 37.1 Å². The molecule has 2 atom stereocenters. The van der Waals surface area contributed by atoms with E-state index in [0.717, 1.165) is 19.3 Å². The summed E-state index contributed by atoms with van der Waals surface area (Å²) in [5, 5.41) is 2.81. The molecule has 150 valence electrons. The SMILES string of the molecule is C[C@@H]1CCCC[C@H]1OCCNC(=O)c1cccc(S(=O)(=O)NCC2CC2)c1. The Kier molecular flexibility index (Phi) is 6.89. The van der Waals surface area contributed by atoms with Crippen molar-refractivity contribution < 1.29 is 17.9 Å². The summed E-state index contributed by atoms with van der Waals surface area (Å²) in [4.78, 5) is 12.5. The second-order valence-corrected chi connectivity index (χ2v) is 9.52. The number of ether oxygens (including phenoxy) is 1. The third-order valence-electron chi connectivity index (χ3n) is 5.42. The predicted octanol–water partition coefficient (Wildman–Crippen LogP) is 2.70. The lowest BCUT2D eigenvalue weighted by Crippen LogP contribution is -2.32. The van der Waals surface area contributed by atoms with E-state index in [4.69, 9.17) is 4.74 Å². The first-order valence-corrected chi connectivity index (χ1v) is 11.4. The van der Waals surface area contributed by atoms with Crippen molar-refractivity contribution in [3.05, 3.63) is 29.8 Å². The highest BCUT2D eigenvalue weighted by molar-refractivity contribution is 7.89. The smallest absolute Gasteiger partial charge is 0.251 e. The van der Waals surface area contributed by atoms with Crippen LogP contribution in [0.25, 0.3) is 0 Å². The summed E-state index contributed by atoms with van der Waals surface area (Å²) in [5.74, 6) is 0.743. The van der Waals surface area contributed by atoms with E-state index < -0.39 is 10.0 Å². The van der Waals surface area contributed by atoms with E-state index in [-0.39, 0.29) is 16.9 Å². The van der Waals surface area contributed by atoms with Crippen molar-refractivity contribution in [3.8, 4) is 0 Å². The minimum atomic E-state index is -3.57. The van der Waals surface area contributed by atoms with Crippen LogP contribution in [0.3, 0.4) is 0 Å². The molecule has 0 spiro atoms. The first-order valence-electron chi connectivity index (χ1n) is 9.95. The lowest BCUT2D eigenvalue weighted by atomic mass is 9.88. The number of carbonyl (C=O) groups is 1. The Morgan fingerprint density at radius 2 is 1.96 bits per heavy atom. The van der Waals surface area contributed by atoms with Crippen molar-refractivity contribution in [2.45, 2.75) is 56.4 Å². The number of carbonyl (C=O) groups excluding carboxylic acids is 1. The molecule has 0 heterocycles. The zero-order valence-corrected chi connectivity index (χ0v) is 16.8.